The average Bonchev–Trinajstić information content (AvgIpc) is 3.20. The summed E-state index contributed by atoms with van der Waals surface area (Å²) < 4.78 is 5.34. The molecule has 25 heavy (non-hydrogen) atoms. The Labute approximate surface area is 146 Å². The molecular formula is C16H15N5O3S. The second kappa shape index (κ2) is 6.26. The van der Waals surface area contributed by atoms with Crippen LogP contribution in [0.3, 0.4) is 0 Å². The lowest BCUT2D eigenvalue weighted by molar-refractivity contribution is 0.0697. The van der Waals surface area contributed by atoms with E-state index in [0.29, 0.717) is 23.4 Å². The summed E-state index contributed by atoms with van der Waals surface area (Å²) in [6, 6.07) is 6.39. The van der Waals surface area contributed by atoms with Crippen LogP contribution in [-0.4, -0.2) is 37.6 Å². The molecule has 1 aliphatic heterocycles. The van der Waals surface area contributed by atoms with Gasteiger partial charge in [-0.05, 0) is 12.1 Å². The zero-order valence-electron chi connectivity index (χ0n) is 13.2. The summed E-state index contributed by atoms with van der Waals surface area (Å²) in [5.41, 5.74) is 7.79. The predicted octanol–water partition coefficient (Wildman–Crippen LogP) is 2.03. The number of fused-ring (bicyclic) bond motifs is 1. The van der Waals surface area contributed by atoms with Crippen molar-refractivity contribution in [3.8, 4) is 11.4 Å². The van der Waals surface area contributed by atoms with Crippen LogP contribution in [0.4, 0.5) is 5.13 Å². The van der Waals surface area contributed by atoms with E-state index in [1.807, 2.05) is 0 Å². The molecule has 3 N–H and O–H groups in total. The Balaban J connectivity index is 1.46. The fourth-order valence-electron chi connectivity index (χ4n) is 2.79. The fourth-order valence-corrected chi connectivity index (χ4v) is 3.71. The Morgan fingerprint density at radius 3 is 2.88 bits per heavy atom. The Hall–Kier alpha value is -2.78. The third-order valence-corrected chi connectivity index (χ3v) is 4.96. The van der Waals surface area contributed by atoms with Crippen LogP contribution >= 0.6 is 11.3 Å². The van der Waals surface area contributed by atoms with Gasteiger partial charge in [-0.3, -0.25) is 4.90 Å². The number of benzene rings is 1. The van der Waals surface area contributed by atoms with E-state index >= 15 is 0 Å². The molecule has 0 fully saturated rings. The van der Waals surface area contributed by atoms with Gasteiger partial charge in [-0.15, -0.1) is 11.3 Å². The molecule has 1 aromatic carbocycles. The van der Waals surface area contributed by atoms with Gasteiger partial charge in [0.1, 0.15) is 0 Å². The summed E-state index contributed by atoms with van der Waals surface area (Å²) in [5, 5.41) is 13.5. The van der Waals surface area contributed by atoms with Crippen molar-refractivity contribution in [3.05, 3.63) is 46.3 Å². The molecule has 9 heteroatoms. The Bertz CT molecular complexity index is 918. The van der Waals surface area contributed by atoms with Crippen LogP contribution in [0.25, 0.3) is 11.4 Å². The van der Waals surface area contributed by atoms with Gasteiger partial charge < -0.3 is 15.4 Å². The van der Waals surface area contributed by atoms with Gasteiger partial charge in [-0.25, -0.2) is 9.78 Å². The number of hydrogen-bond acceptors (Lipinski definition) is 8. The summed E-state index contributed by atoms with van der Waals surface area (Å²) >= 11 is 1.52. The summed E-state index contributed by atoms with van der Waals surface area (Å²) in [4.78, 5) is 23.0. The van der Waals surface area contributed by atoms with Crippen LogP contribution in [0.15, 0.2) is 28.8 Å². The fraction of sp³-hybridized carbons (Fsp3) is 0.250. The average molecular weight is 357 g/mol. The van der Waals surface area contributed by atoms with E-state index in [1.54, 1.807) is 12.1 Å². The van der Waals surface area contributed by atoms with E-state index in [1.165, 1.54) is 28.3 Å². The number of carboxylic acids is 1. The van der Waals surface area contributed by atoms with E-state index in [2.05, 4.69) is 20.0 Å². The number of nitrogens with zero attached hydrogens (tertiary/aromatic N) is 4. The van der Waals surface area contributed by atoms with Crippen LogP contribution in [-0.2, 0) is 19.5 Å². The number of carboxylic acid groups (broad SMARTS) is 1. The second-order valence-corrected chi connectivity index (χ2v) is 6.89. The summed E-state index contributed by atoms with van der Waals surface area (Å²) in [6.07, 6.45) is 0.862. The minimum Gasteiger partial charge on any atom is -0.478 e. The van der Waals surface area contributed by atoms with Gasteiger partial charge in [0.2, 0.25) is 11.7 Å². The van der Waals surface area contributed by atoms with Gasteiger partial charge in [-0.2, -0.15) is 4.98 Å². The molecule has 0 unspecified atom stereocenters. The van der Waals surface area contributed by atoms with Crippen molar-refractivity contribution in [1.29, 1.82) is 0 Å². The lowest BCUT2D eigenvalue weighted by atomic mass is 10.1. The van der Waals surface area contributed by atoms with Gasteiger partial charge in [-0.1, -0.05) is 17.3 Å². The maximum Gasteiger partial charge on any atom is 0.335 e. The first-order valence-corrected chi connectivity index (χ1v) is 8.53. The molecule has 0 aliphatic carbocycles. The highest BCUT2D eigenvalue weighted by atomic mass is 32.1. The van der Waals surface area contributed by atoms with E-state index in [4.69, 9.17) is 15.4 Å². The molecule has 128 valence electrons. The molecule has 0 spiro atoms. The maximum absolute atomic E-state index is 10.9. The van der Waals surface area contributed by atoms with Gasteiger partial charge in [0.15, 0.2) is 5.13 Å². The molecule has 8 nitrogen and oxygen atoms in total. The topological polar surface area (TPSA) is 118 Å². The van der Waals surface area contributed by atoms with Crippen LogP contribution in [0.1, 0.15) is 26.8 Å². The van der Waals surface area contributed by atoms with E-state index in [-0.39, 0.29) is 5.56 Å². The highest BCUT2D eigenvalue weighted by Crippen LogP contribution is 2.27. The molecule has 2 aromatic heterocycles. The highest BCUT2D eigenvalue weighted by molar-refractivity contribution is 7.15. The standard InChI is InChI=1S/C16H15N5O3S/c17-16-18-11-5-6-21(7-12(11)25-16)8-13-19-14(20-24-13)9-1-3-10(4-2-9)15(22)23/h1-4H,5-8H2,(H2,17,18)(H,22,23). The molecule has 0 saturated carbocycles. The number of anilines is 1. The van der Waals surface area contributed by atoms with Crippen molar-refractivity contribution < 1.29 is 14.4 Å². The Morgan fingerprint density at radius 1 is 1.32 bits per heavy atom. The minimum atomic E-state index is -0.964. The Kier molecular flexibility index (Phi) is 3.94. The number of thiazole rings is 1. The third-order valence-electron chi connectivity index (χ3n) is 4.04. The van der Waals surface area contributed by atoms with Crippen LogP contribution in [0.5, 0.6) is 0 Å². The van der Waals surface area contributed by atoms with Crippen molar-refractivity contribution in [3.63, 3.8) is 0 Å². The summed E-state index contributed by atoms with van der Waals surface area (Å²) in [6.45, 7) is 2.19. The SMILES string of the molecule is Nc1nc2c(s1)CN(Cc1nc(-c3ccc(C(=O)O)cc3)no1)CC2. The minimum absolute atomic E-state index is 0.223. The van der Waals surface area contributed by atoms with Crippen LogP contribution in [0, 0.1) is 0 Å². The Morgan fingerprint density at radius 2 is 2.12 bits per heavy atom. The van der Waals surface area contributed by atoms with E-state index < -0.39 is 5.97 Å². The molecule has 3 heterocycles. The summed E-state index contributed by atoms with van der Waals surface area (Å²) in [7, 11) is 0. The van der Waals surface area contributed by atoms with Crippen molar-refractivity contribution in [2.24, 2.45) is 0 Å². The maximum atomic E-state index is 10.9. The number of aromatic carboxylic acids is 1. The highest BCUT2D eigenvalue weighted by Gasteiger charge is 2.22. The first-order valence-electron chi connectivity index (χ1n) is 7.71. The van der Waals surface area contributed by atoms with Crippen LogP contribution < -0.4 is 5.73 Å². The van der Waals surface area contributed by atoms with Crippen LogP contribution in [0.2, 0.25) is 0 Å². The predicted molar refractivity (Wildman–Crippen MR) is 91.0 cm³/mol. The quantitative estimate of drug-likeness (QED) is 0.728. The normalized spacial score (nSPS) is 14.4. The molecule has 0 radical (unpaired) electrons. The number of hydrogen-bond donors (Lipinski definition) is 2. The lowest BCUT2D eigenvalue weighted by Gasteiger charge is -2.23. The molecule has 3 aromatic rings. The monoisotopic (exact) mass is 357 g/mol. The lowest BCUT2D eigenvalue weighted by Crippen LogP contribution is -2.29. The van der Waals surface area contributed by atoms with Gasteiger partial charge in [0.05, 0.1) is 17.8 Å². The zero-order chi connectivity index (χ0) is 17.4. The summed E-state index contributed by atoms with van der Waals surface area (Å²) in [5.74, 6) is 0.0124. The van der Waals surface area contributed by atoms with Gasteiger partial charge >= 0.3 is 5.97 Å². The molecule has 0 amide bonds. The first-order chi connectivity index (χ1) is 12.1. The smallest absolute Gasteiger partial charge is 0.335 e. The first kappa shape index (κ1) is 15.7. The van der Waals surface area contributed by atoms with Crippen molar-refractivity contribution in [2.45, 2.75) is 19.5 Å². The van der Waals surface area contributed by atoms with Crippen molar-refractivity contribution in [2.75, 3.05) is 12.3 Å². The van der Waals surface area contributed by atoms with E-state index in [9.17, 15) is 4.79 Å². The van der Waals surface area contributed by atoms with Crippen molar-refractivity contribution >= 4 is 22.4 Å². The molecule has 4 rings (SSSR count). The molecule has 0 atom stereocenters. The van der Waals surface area contributed by atoms with Gasteiger partial charge in [0.25, 0.3) is 0 Å². The number of nitrogens with two attached hydrogens (primary N) is 1. The third kappa shape index (κ3) is 3.24. The number of rotatable bonds is 4. The zero-order valence-corrected chi connectivity index (χ0v) is 14.0. The molecule has 0 bridgehead atoms. The molecule has 1 aliphatic rings. The number of aromatic nitrogens is 3. The van der Waals surface area contributed by atoms with E-state index in [0.717, 1.165) is 30.8 Å². The molecule has 0 saturated heterocycles. The molecular weight excluding hydrogens is 342 g/mol. The largest absolute Gasteiger partial charge is 0.478 e. The van der Waals surface area contributed by atoms with Crippen molar-refractivity contribution in [1.82, 2.24) is 20.0 Å². The second-order valence-electron chi connectivity index (χ2n) is 5.78. The van der Waals surface area contributed by atoms with Gasteiger partial charge in [0, 0.05) is 30.0 Å². The number of carbonyl (C=O) groups is 1. The number of nitrogen functional groups attached to an aromatic ring is 1.